The van der Waals surface area contributed by atoms with Crippen LogP contribution in [0, 0.1) is 0 Å². The molecule has 0 saturated carbocycles. The molecule has 9 aromatic rings. The lowest BCUT2D eigenvalue weighted by molar-refractivity contribution is 0.660. The molecule has 0 bridgehead atoms. The molecule has 0 radical (unpaired) electrons. The molecule has 0 fully saturated rings. The zero-order valence-electron chi connectivity index (χ0n) is 28.6. The van der Waals surface area contributed by atoms with Gasteiger partial charge in [-0.1, -0.05) is 141 Å². The summed E-state index contributed by atoms with van der Waals surface area (Å²) < 4.78 is 2.60. The Kier molecular flexibility index (Phi) is 6.78. The van der Waals surface area contributed by atoms with E-state index in [1.807, 2.05) is 11.3 Å². The molecule has 8 aromatic carbocycles. The molecule has 0 unspecified atom stereocenters. The molecule has 0 spiro atoms. The van der Waals surface area contributed by atoms with Crippen LogP contribution >= 0.6 is 11.3 Å². The Balaban J connectivity index is 1.12. The van der Waals surface area contributed by atoms with Crippen molar-refractivity contribution in [2.75, 3.05) is 4.90 Å². The van der Waals surface area contributed by atoms with Crippen LogP contribution in [0.25, 0.3) is 64.3 Å². The van der Waals surface area contributed by atoms with Crippen molar-refractivity contribution >= 4 is 59.3 Å². The van der Waals surface area contributed by atoms with Crippen molar-refractivity contribution < 1.29 is 0 Å². The van der Waals surface area contributed by atoms with Gasteiger partial charge in [-0.2, -0.15) is 0 Å². The van der Waals surface area contributed by atoms with E-state index in [0.29, 0.717) is 0 Å². The molecule has 1 heterocycles. The van der Waals surface area contributed by atoms with E-state index in [-0.39, 0.29) is 5.41 Å². The maximum absolute atomic E-state index is 2.45. The number of thiophene rings is 1. The molecular formula is C49H35NS. The van der Waals surface area contributed by atoms with Crippen LogP contribution in [0.1, 0.15) is 25.0 Å². The van der Waals surface area contributed by atoms with E-state index in [4.69, 9.17) is 0 Å². The SMILES string of the molecule is CC1(C)c2ccccc2-c2ccc(-c3ccc(N(c4cccc(-c5cccc6ccccc56)c4)c4cccc5sc6ccccc6c45)cc3)cc21. The summed E-state index contributed by atoms with van der Waals surface area (Å²) in [5.74, 6) is 0. The number of anilines is 3. The van der Waals surface area contributed by atoms with Crippen molar-refractivity contribution in [1.29, 1.82) is 0 Å². The summed E-state index contributed by atoms with van der Waals surface area (Å²) in [6, 6.07) is 64.9. The molecule has 0 atom stereocenters. The summed E-state index contributed by atoms with van der Waals surface area (Å²) in [5, 5.41) is 5.10. The fourth-order valence-corrected chi connectivity index (χ4v) is 9.47. The van der Waals surface area contributed by atoms with Gasteiger partial charge in [0.25, 0.3) is 0 Å². The van der Waals surface area contributed by atoms with Crippen molar-refractivity contribution in [3.05, 3.63) is 187 Å². The van der Waals surface area contributed by atoms with Crippen molar-refractivity contribution in [2.24, 2.45) is 0 Å². The van der Waals surface area contributed by atoms with Gasteiger partial charge in [-0.25, -0.2) is 0 Å². The maximum Gasteiger partial charge on any atom is 0.0554 e. The molecule has 1 aromatic heterocycles. The minimum absolute atomic E-state index is 0.0320. The van der Waals surface area contributed by atoms with Gasteiger partial charge in [-0.3, -0.25) is 0 Å². The highest BCUT2D eigenvalue weighted by atomic mass is 32.1. The normalized spacial score (nSPS) is 13.1. The van der Waals surface area contributed by atoms with Crippen LogP contribution in [0.4, 0.5) is 17.1 Å². The van der Waals surface area contributed by atoms with Crippen LogP contribution < -0.4 is 4.90 Å². The molecule has 0 saturated heterocycles. The molecule has 0 N–H and O–H groups in total. The molecule has 51 heavy (non-hydrogen) atoms. The van der Waals surface area contributed by atoms with Gasteiger partial charge in [0.2, 0.25) is 0 Å². The van der Waals surface area contributed by atoms with E-state index in [9.17, 15) is 0 Å². The monoisotopic (exact) mass is 669 g/mol. The van der Waals surface area contributed by atoms with Gasteiger partial charge in [0.1, 0.15) is 0 Å². The highest BCUT2D eigenvalue weighted by Crippen LogP contribution is 2.50. The Hall–Kier alpha value is -5.96. The predicted molar refractivity (Wildman–Crippen MR) is 220 cm³/mol. The zero-order valence-corrected chi connectivity index (χ0v) is 29.4. The van der Waals surface area contributed by atoms with Gasteiger partial charge in [-0.05, 0) is 104 Å². The number of nitrogens with zero attached hydrogens (tertiary/aromatic N) is 1. The highest BCUT2D eigenvalue weighted by molar-refractivity contribution is 7.26. The fourth-order valence-electron chi connectivity index (χ4n) is 8.35. The summed E-state index contributed by atoms with van der Waals surface area (Å²) in [5.41, 5.74) is 13.8. The highest BCUT2D eigenvalue weighted by Gasteiger charge is 2.35. The van der Waals surface area contributed by atoms with Crippen molar-refractivity contribution in [2.45, 2.75) is 19.3 Å². The smallest absolute Gasteiger partial charge is 0.0554 e. The fraction of sp³-hybridized carbons (Fsp3) is 0.0612. The second kappa shape index (κ2) is 11.6. The summed E-state index contributed by atoms with van der Waals surface area (Å²) in [6.45, 7) is 4.70. The van der Waals surface area contributed by atoms with Gasteiger partial charge in [-0.15, -0.1) is 11.3 Å². The maximum atomic E-state index is 2.45. The second-order valence-electron chi connectivity index (χ2n) is 14.1. The lowest BCUT2D eigenvalue weighted by Gasteiger charge is -2.27. The Labute approximate surface area is 302 Å². The molecule has 1 aliphatic carbocycles. The van der Waals surface area contributed by atoms with Gasteiger partial charge in [0, 0.05) is 37.0 Å². The van der Waals surface area contributed by atoms with Crippen molar-refractivity contribution in [3.8, 4) is 33.4 Å². The summed E-state index contributed by atoms with van der Waals surface area (Å²) in [4.78, 5) is 2.45. The standard InChI is InChI=1S/C49H35NS/c1-49(2)43-20-7-5-17-40(43)41-29-26-34(31-44(41)49)32-24-27-36(28-25-32)50(45-21-11-23-47-48(45)42-18-6-8-22-46(42)51-47)37-15-9-14-35(30-37)39-19-10-13-33-12-3-4-16-38(33)39/h3-31H,1-2H3. The van der Waals surface area contributed by atoms with Gasteiger partial charge >= 0.3 is 0 Å². The first kappa shape index (κ1) is 29.9. The number of rotatable bonds is 5. The van der Waals surface area contributed by atoms with E-state index in [1.165, 1.54) is 81.1 Å². The van der Waals surface area contributed by atoms with Gasteiger partial charge < -0.3 is 4.90 Å². The molecule has 0 amide bonds. The lowest BCUT2D eigenvalue weighted by atomic mass is 9.81. The summed E-state index contributed by atoms with van der Waals surface area (Å²) in [6.07, 6.45) is 0. The molecule has 0 aliphatic heterocycles. The molecule has 242 valence electrons. The lowest BCUT2D eigenvalue weighted by Crippen LogP contribution is -2.14. The third kappa shape index (κ3) is 4.75. The van der Waals surface area contributed by atoms with Crippen molar-refractivity contribution in [3.63, 3.8) is 0 Å². The molecular weight excluding hydrogens is 635 g/mol. The Bertz CT molecular complexity index is 2780. The first-order valence-electron chi connectivity index (χ1n) is 17.7. The number of fused-ring (bicyclic) bond motifs is 7. The van der Waals surface area contributed by atoms with Gasteiger partial charge in [0.15, 0.2) is 0 Å². The third-order valence-corrected chi connectivity index (χ3v) is 12.0. The minimum atomic E-state index is -0.0320. The Morgan fingerprint density at radius 3 is 2.00 bits per heavy atom. The molecule has 1 aliphatic rings. The quantitative estimate of drug-likeness (QED) is 0.176. The summed E-state index contributed by atoms with van der Waals surface area (Å²) in [7, 11) is 0. The third-order valence-electron chi connectivity index (χ3n) is 10.9. The van der Waals surface area contributed by atoms with Crippen LogP contribution in [0.5, 0.6) is 0 Å². The van der Waals surface area contributed by atoms with E-state index in [0.717, 1.165) is 11.4 Å². The first-order chi connectivity index (χ1) is 25.0. The predicted octanol–water partition coefficient (Wildman–Crippen LogP) is 14.3. The average molecular weight is 670 g/mol. The molecule has 10 rings (SSSR count). The van der Waals surface area contributed by atoms with Crippen molar-refractivity contribution in [1.82, 2.24) is 0 Å². The minimum Gasteiger partial charge on any atom is -0.310 e. The largest absolute Gasteiger partial charge is 0.310 e. The van der Waals surface area contributed by atoms with E-state index in [2.05, 4.69) is 195 Å². The number of benzene rings is 8. The number of hydrogen-bond acceptors (Lipinski definition) is 2. The van der Waals surface area contributed by atoms with Crippen LogP contribution in [-0.2, 0) is 5.41 Å². The Morgan fingerprint density at radius 2 is 1.10 bits per heavy atom. The van der Waals surface area contributed by atoms with Crippen LogP contribution in [0.3, 0.4) is 0 Å². The van der Waals surface area contributed by atoms with Gasteiger partial charge in [0.05, 0.1) is 5.69 Å². The Morgan fingerprint density at radius 1 is 0.431 bits per heavy atom. The second-order valence-corrected chi connectivity index (χ2v) is 15.2. The van der Waals surface area contributed by atoms with Crippen LogP contribution in [0.15, 0.2) is 176 Å². The van der Waals surface area contributed by atoms with Crippen LogP contribution in [-0.4, -0.2) is 0 Å². The zero-order chi connectivity index (χ0) is 34.1. The van der Waals surface area contributed by atoms with E-state index < -0.39 is 0 Å². The van der Waals surface area contributed by atoms with Crippen LogP contribution in [0.2, 0.25) is 0 Å². The molecule has 1 nitrogen and oxygen atoms in total. The summed E-state index contributed by atoms with van der Waals surface area (Å²) >= 11 is 1.86. The topological polar surface area (TPSA) is 3.24 Å². The van der Waals surface area contributed by atoms with E-state index in [1.54, 1.807) is 0 Å². The average Bonchev–Trinajstić information content (AvgIpc) is 3.67. The number of hydrogen-bond donors (Lipinski definition) is 0. The first-order valence-corrected chi connectivity index (χ1v) is 18.5. The van der Waals surface area contributed by atoms with E-state index >= 15 is 0 Å². The molecule has 2 heteroatoms.